The zero-order chi connectivity index (χ0) is 10.8. The average molecular weight is 200 g/mol. The molecule has 0 radical (unpaired) electrons. The van der Waals surface area contributed by atoms with Crippen molar-refractivity contribution < 1.29 is 0 Å². The molecule has 0 amide bonds. The summed E-state index contributed by atoms with van der Waals surface area (Å²) in [5.41, 5.74) is 0. The van der Waals surface area contributed by atoms with Crippen LogP contribution in [0.25, 0.3) is 0 Å². The maximum absolute atomic E-state index is 3.19. The molecule has 0 aliphatic rings. The van der Waals surface area contributed by atoms with Gasteiger partial charge in [0.05, 0.1) is 0 Å². The molecule has 0 rings (SSSR count). The van der Waals surface area contributed by atoms with Crippen LogP contribution in [0.5, 0.6) is 0 Å². The third kappa shape index (κ3) is 8.52. The quantitative estimate of drug-likeness (QED) is 0.575. The van der Waals surface area contributed by atoms with Crippen molar-refractivity contribution in [3.63, 3.8) is 0 Å². The van der Waals surface area contributed by atoms with Crippen LogP contribution >= 0.6 is 0 Å². The zero-order valence-electron chi connectivity index (χ0n) is 10.5. The highest BCUT2D eigenvalue weighted by atomic mass is 15.1. The van der Waals surface area contributed by atoms with Crippen molar-refractivity contribution in [3.8, 4) is 0 Å². The summed E-state index contributed by atoms with van der Waals surface area (Å²) in [6, 6.07) is 0. The average Bonchev–Trinajstić information content (AvgIpc) is 2.15. The minimum Gasteiger partial charge on any atom is -0.320 e. The Morgan fingerprint density at radius 1 is 1.14 bits per heavy atom. The number of nitrogens with one attached hydrogen (secondary N) is 1. The van der Waals surface area contributed by atoms with E-state index in [-0.39, 0.29) is 0 Å². The molecule has 0 atom stereocenters. The molecule has 1 N–H and O–H groups in total. The van der Waals surface area contributed by atoms with Crippen LogP contribution in [0.3, 0.4) is 0 Å². The lowest BCUT2D eigenvalue weighted by molar-refractivity contribution is 0.251. The maximum atomic E-state index is 3.19. The van der Waals surface area contributed by atoms with E-state index in [9.17, 15) is 0 Å². The monoisotopic (exact) mass is 200 g/mol. The number of hydrogen-bond acceptors (Lipinski definition) is 2. The molecule has 0 aromatic carbocycles. The molecular weight excluding hydrogens is 172 g/mol. The van der Waals surface area contributed by atoms with Crippen molar-refractivity contribution >= 4 is 0 Å². The summed E-state index contributed by atoms with van der Waals surface area (Å²) in [5, 5.41) is 3.19. The lowest BCUT2D eigenvalue weighted by Crippen LogP contribution is -2.28. The van der Waals surface area contributed by atoms with Crippen molar-refractivity contribution in [1.82, 2.24) is 10.2 Å². The van der Waals surface area contributed by atoms with Gasteiger partial charge in [-0.2, -0.15) is 0 Å². The molecule has 0 saturated carbocycles. The summed E-state index contributed by atoms with van der Waals surface area (Å²) in [5.74, 6) is 0.798. The summed E-state index contributed by atoms with van der Waals surface area (Å²) in [6.45, 7) is 11.7. The van der Waals surface area contributed by atoms with Gasteiger partial charge in [-0.3, -0.25) is 0 Å². The van der Waals surface area contributed by atoms with Gasteiger partial charge in [0.2, 0.25) is 0 Å². The van der Waals surface area contributed by atoms with Gasteiger partial charge in [0.1, 0.15) is 0 Å². The molecule has 0 aromatic rings. The van der Waals surface area contributed by atoms with E-state index in [2.05, 4.69) is 31.0 Å². The molecular formula is C12H28N2. The van der Waals surface area contributed by atoms with Crippen molar-refractivity contribution in [2.24, 2.45) is 5.92 Å². The van der Waals surface area contributed by atoms with E-state index in [1.807, 2.05) is 7.05 Å². The summed E-state index contributed by atoms with van der Waals surface area (Å²) >= 11 is 0. The van der Waals surface area contributed by atoms with Crippen LogP contribution in [0.2, 0.25) is 0 Å². The normalized spacial score (nSPS) is 11.6. The predicted molar refractivity (Wildman–Crippen MR) is 64.7 cm³/mol. The van der Waals surface area contributed by atoms with Gasteiger partial charge >= 0.3 is 0 Å². The van der Waals surface area contributed by atoms with Gasteiger partial charge < -0.3 is 10.2 Å². The molecule has 0 heterocycles. The van der Waals surface area contributed by atoms with Gasteiger partial charge in [0, 0.05) is 6.54 Å². The summed E-state index contributed by atoms with van der Waals surface area (Å²) in [7, 11) is 2.02. The molecule has 0 aliphatic carbocycles. The van der Waals surface area contributed by atoms with E-state index < -0.39 is 0 Å². The van der Waals surface area contributed by atoms with Crippen molar-refractivity contribution in [1.29, 1.82) is 0 Å². The Morgan fingerprint density at radius 2 is 1.86 bits per heavy atom. The van der Waals surface area contributed by atoms with Crippen molar-refractivity contribution in [2.75, 3.05) is 33.2 Å². The Balaban J connectivity index is 3.33. The highest BCUT2D eigenvalue weighted by molar-refractivity contribution is 4.58. The fraction of sp³-hybridized carbons (Fsp3) is 1.00. The highest BCUT2D eigenvalue weighted by Crippen LogP contribution is 2.02. The third-order valence-electron chi connectivity index (χ3n) is 2.47. The molecule has 0 aliphatic heterocycles. The Hall–Kier alpha value is -0.0800. The summed E-state index contributed by atoms with van der Waals surface area (Å²) < 4.78 is 0. The summed E-state index contributed by atoms with van der Waals surface area (Å²) in [4.78, 5) is 2.56. The Bertz CT molecular complexity index is 113. The van der Waals surface area contributed by atoms with E-state index in [0.29, 0.717) is 0 Å². The first-order chi connectivity index (χ1) is 6.70. The lowest BCUT2D eigenvalue weighted by Gasteiger charge is -2.22. The van der Waals surface area contributed by atoms with Crippen molar-refractivity contribution in [2.45, 2.75) is 40.0 Å². The Kier molecular flexibility index (Phi) is 9.42. The predicted octanol–water partition coefficient (Wildman–Crippen LogP) is 2.35. The van der Waals surface area contributed by atoms with E-state index in [4.69, 9.17) is 0 Å². The molecule has 0 saturated heterocycles. The minimum atomic E-state index is 0.798. The second kappa shape index (κ2) is 9.47. The fourth-order valence-electron chi connectivity index (χ4n) is 1.71. The van der Waals surface area contributed by atoms with Gasteiger partial charge in [-0.1, -0.05) is 27.2 Å². The van der Waals surface area contributed by atoms with Crippen LogP contribution in [0.15, 0.2) is 0 Å². The molecule has 86 valence electrons. The molecule has 0 fully saturated rings. The molecule has 0 unspecified atom stereocenters. The second-order valence-corrected chi connectivity index (χ2v) is 4.45. The van der Waals surface area contributed by atoms with Crippen LogP contribution < -0.4 is 5.32 Å². The smallest absolute Gasteiger partial charge is 0.000427 e. The number of rotatable bonds is 9. The number of unbranched alkanes of at least 4 members (excludes halogenated alkanes) is 2. The maximum Gasteiger partial charge on any atom is 0.000427 e. The SMILES string of the molecule is CCN(CCCCCNC)CC(C)C. The highest BCUT2D eigenvalue weighted by Gasteiger charge is 2.03. The second-order valence-electron chi connectivity index (χ2n) is 4.45. The van der Waals surface area contributed by atoms with E-state index in [1.165, 1.54) is 38.9 Å². The van der Waals surface area contributed by atoms with Gasteiger partial charge in [-0.15, -0.1) is 0 Å². The fourth-order valence-corrected chi connectivity index (χ4v) is 1.71. The first-order valence-electron chi connectivity index (χ1n) is 6.07. The van der Waals surface area contributed by atoms with Gasteiger partial charge in [-0.25, -0.2) is 0 Å². The van der Waals surface area contributed by atoms with Gasteiger partial charge in [-0.05, 0) is 45.4 Å². The van der Waals surface area contributed by atoms with E-state index in [1.54, 1.807) is 0 Å². The third-order valence-corrected chi connectivity index (χ3v) is 2.47. The minimum absolute atomic E-state index is 0.798. The number of nitrogens with zero attached hydrogens (tertiary/aromatic N) is 1. The van der Waals surface area contributed by atoms with E-state index >= 15 is 0 Å². The molecule has 0 bridgehead atoms. The molecule has 0 aromatic heterocycles. The number of hydrogen-bond donors (Lipinski definition) is 1. The van der Waals surface area contributed by atoms with Crippen LogP contribution in [0, 0.1) is 5.92 Å². The van der Waals surface area contributed by atoms with Crippen molar-refractivity contribution in [3.05, 3.63) is 0 Å². The van der Waals surface area contributed by atoms with Crippen LogP contribution in [-0.4, -0.2) is 38.1 Å². The Labute approximate surface area is 90.1 Å². The van der Waals surface area contributed by atoms with Gasteiger partial charge in [0.25, 0.3) is 0 Å². The van der Waals surface area contributed by atoms with Crippen LogP contribution in [0.4, 0.5) is 0 Å². The molecule has 0 spiro atoms. The lowest BCUT2D eigenvalue weighted by atomic mass is 10.2. The topological polar surface area (TPSA) is 15.3 Å². The first-order valence-corrected chi connectivity index (χ1v) is 6.07. The van der Waals surface area contributed by atoms with E-state index in [0.717, 1.165) is 12.5 Å². The molecule has 14 heavy (non-hydrogen) atoms. The largest absolute Gasteiger partial charge is 0.320 e. The molecule has 2 heteroatoms. The van der Waals surface area contributed by atoms with Crippen LogP contribution in [0.1, 0.15) is 40.0 Å². The van der Waals surface area contributed by atoms with Crippen LogP contribution in [-0.2, 0) is 0 Å². The first kappa shape index (κ1) is 13.9. The van der Waals surface area contributed by atoms with Gasteiger partial charge in [0.15, 0.2) is 0 Å². The molecule has 2 nitrogen and oxygen atoms in total. The summed E-state index contributed by atoms with van der Waals surface area (Å²) in [6.07, 6.45) is 4.02. The zero-order valence-corrected chi connectivity index (χ0v) is 10.5. The standard InChI is InChI=1S/C12H28N2/c1-5-14(11-12(2)3)10-8-6-7-9-13-4/h12-13H,5-11H2,1-4H3. The Morgan fingerprint density at radius 3 is 2.36 bits per heavy atom.